The molecule has 0 unspecified atom stereocenters. The van der Waals surface area contributed by atoms with Crippen LogP contribution in [0, 0.1) is 5.92 Å². The van der Waals surface area contributed by atoms with Gasteiger partial charge in [-0.3, -0.25) is 4.79 Å². The number of alkyl carbamates (subject to hydrolysis) is 1. The summed E-state index contributed by atoms with van der Waals surface area (Å²) in [6.45, 7) is 9.39. The van der Waals surface area contributed by atoms with E-state index in [1.165, 1.54) is 7.11 Å². The van der Waals surface area contributed by atoms with Crippen LogP contribution in [0.3, 0.4) is 0 Å². The highest BCUT2D eigenvalue weighted by molar-refractivity contribution is 5.85. The molecule has 1 atom stereocenters. The number of methoxy groups -OCH3 is 1. The lowest BCUT2D eigenvalue weighted by atomic mass is 10.0. The normalized spacial score (nSPS) is 13.0. The van der Waals surface area contributed by atoms with Crippen LogP contribution in [-0.2, 0) is 14.3 Å². The van der Waals surface area contributed by atoms with Gasteiger partial charge >= 0.3 is 6.09 Å². The van der Waals surface area contributed by atoms with Gasteiger partial charge in [0.15, 0.2) is 0 Å². The van der Waals surface area contributed by atoms with Gasteiger partial charge in [-0.05, 0) is 33.1 Å². The first-order valence-electron chi connectivity index (χ1n) is 6.42. The first-order valence-corrected chi connectivity index (χ1v) is 6.42. The minimum Gasteiger partial charge on any atom is -0.444 e. The molecule has 0 aliphatic carbocycles. The summed E-state index contributed by atoms with van der Waals surface area (Å²) in [5.74, 6) is -0.00496. The average Bonchev–Trinajstić information content (AvgIpc) is 2.21. The second-order valence-electron chi connectivity index (χ2n) is 5.80. The summed E-state index contributed by atoms with van der Waals surface area (Å²) in [5, 5.41) is 5.16. The monoisotopic (exact) mass is 274 g/mol. The highest BCUT2D eigenvalue weighted by atomic mass is 16.6. The van der Waals surface area contributed by atoms with Gasteiger partial charge in [0, 0.05) is 7.11 Å². The Morgan fingerprint density at radius 3 is 2.21 bits per heavy atom. The Morgan fingerprint density at radius 2 is 1.79 bits per heavy atom. The molecule has 0 saturated heterocycles. The minimum absolute atomic E-state index is 0.115. The summed E-state index contributed by atoms with van der Waals surface area (Å²) < 4.78 is 9.92. The molecule has 0 rings (SSSR count). The average molecular weight is 274 g/mol. The molecule has 2 N–H and O–H groups in total. The Bertz CT molecular complexity index is 298. The van der Waals surface area contributed by atoms with Crippen molar-refractivity contribution in [1.82, 2.24) is 10.6 Å². The van der Waals surface area contributed by atoms with E-state index in [9.17, 15) is 9.59 Å². The molecular weight excluding hydrogens is 248 g/mol. The first-order chi connectivity index (χ1) is 8.65. The fourth-order valence-corrected chi connectivity index (χ4v) is 1.42. The predicted octanol–water partition coefficient (Wildman–Crippen LogP) is 1.65. The van der Waals surface area contributed by atoms with Crippen molar-refractivity contribution in [2.75, 3.05) is 13.8 Å². The van der Waals surface area contributed by atoms with Gasteiger partial charge in [0.1, 0.15) is 18.4 Å². The molecule has 0 heterocycles. The molecule has 6 nitrogen and oxygen atoms in total. The van der Waals surface area contributed by atoms with Crippen LogP contribution in [0.25, 0.3) is 0 Å². The third-order valence-corrected chi connectivity index (χ3v) is 2.11. The SMILES string of the molecule is COCNC(=O)[C@H](CC(C)C)NC(=O)OC(C)(C)C. The molecule has 0 bridgehead atoms. The first kappa shape index (κ1) is 17.7. The molecule has 6 heteroatoms. The largest absolute Gasteiger partial charge is 0.444 e. The molecule has 0 spiro atoms. The van der Waals surface area contributed by atoms with Crippen molar-refractivity contribution >= 4 is 12.0 Å². The molecule has 19 heavy (non-hydrogen) atoms. The minimum atomic E-state index is -0.620. The molecular formula is C13H26N2O4. The van der Waals surface area contributed by atoms with Gasteiger partial charge in [0.2, 0.25) is 5.91 Å². The van der Waals surface area contributed by atoms with E-state index in [1.807, 2.05) is 13.8 Å². The predicted molar refractivity (Wildman–Crippen MR) is 72.6 cm³/mol. The number of carbonyl (C=O) groups excluding carboxylic acids is 2. The fraction of sp³-hybridized carbons (Fsp3) is 0.846. The number of amides is 2. The van der Waals surface area contributed by atoms with Crippen LogP contribution in [0.2, 0.25) is 0 Å². The van der Waals surface area contributed by atoms with E-state index in [0.29, 0.717) is 6.42 Å². The number of carbonyl (C=O) groups is 2. The Kier molecular flexibility index (Phi) is 7.44. The molecule has 0 fully saturated rings. The molecule has 0 radical (unpaired) electrons. The van der Waals surface area contributed by atoms with Gasteiger partial charge in [-0.15, -0.1) is 0 Å². The summed E-state index contributed by atoms with van der Waals surface area (Å²) in [6, 6.07) is -0.620. The second-order valence-corrected chi connectivity index (χ2v) is 5.80. The van der Waals surface area contributed by atoms with Crippen LogP contribution in [0.1, 0.15) is 41.0 Å². The molecule has 2 amide bonds. The highest BCUT2D eigenvalue weighted by Gasteiger charge is 2.24. The van der Waals surface area contributed by atoms with E-state index >= 15 is 0 Å². The van der Waals surface area contributed by atoms with Crippen molar-refractivity contribution in [2.45, 2.75) is 52.7 Å². The van der Waals surface area contributed by atoms with Gasteiger partial charge in [0.25, 0.3) is 0 Å². The van der Waals surface area contributed by atoms with Crippen LogP contribution in [0.5, 0.6) is 0 Å². The Balaban J connectivity index is 4.50. The van der Waals surface area contributed by atoms with E-state index in [0.717, 1.165) is 0 Å². The van der Waals surface area contributed by atoms with Crippen molar-refractivity contribution in [1.29, 1.82) is 0 Å². The maximum atomic E-state index is 11.9. The van der Waals surface area contributed by atoms with Gasteiger partial charge in [-0.2, -0.15) is 0 Å². The molecule has 0 aliphatic heterocycles. The fourth-order valence-electron chi connectivity index (χ4n) is 1.42. The summed E-state index contributed by atoms with van der Waals surface area (Å²) >= 11 is 0. The number of hydrogen-bond donors (Lipinski definition) is 2. The lowest BCUT2D eigenvalue weighted by molar-refractivity contribution is -0.125. The van der Waals surface area contributed by atoms with E-state index < -0.39 is 17.7 Å². The number of nitrogens with one attached hydrogen (secondary N) is 2. The summed E-state index contributed by atoms with van der Waals surface area (Å²) in [4.78, 5) is 23.6. The molecule has 0 aromatic rings. The molecule has 0 aliphatic rings. The maximum absolute atomic E-state index is 11.9. The third-order valence-electron chi connectivity index (χ3n) is 2.11. The lowest BCUT2D eigenvalue weighted by Crippen LogP contribution is -2.49. The van der Waals surface area contributed by atoms with E-state index in [1.54, 1.807) is 20.8 Å². The quantitative estimate of drug-likeness (QED) is 0.722. The Labute approximate surface area is 115 Å². The number of ether oxygens (including phenoxy) is 2. The van der Waals surface area contributed by atoms with Crippen molar-refractivity contribution in [3.05, 3.63) is 0 Å². The summed E-state index contributed by atoms with van der Waals surface area (Å²) in [5.41, 5.74) is -0.588. The van der Waals surface area contributed by atoms with Crippen molar-refractivity contribution in [3.63, 3.8) is 0 Å². The van der Waals surface area contributed by atoms with Crippen LogP contribution in [0.4, 0.5) is 4.79 Å². The second kappa shape index (κ2) is 7.99. The lowest BCUT2D eigenvalue weighted by Gasteiger charge is -2.24. The van der Waals surface area contributed by atoms with Crippen molar-refractivity contribution < 1.29 is 19.1 Å². The van der Waals surface area contributed by atoms with E-state index in [-0.39, 0.29) is 18.6 Å². The number of rotatable bonds is 6. The van der Waals surface area contributed by atoms with Crippen molar-refractivity contribution in [2.24, 2.45) is 5.92 Å². The standard InChI is InChI=1S/C13H26N2O4/c1-9(2)7-10(11(16)14-8-18-6)15-12(17)19-13(3,4)5/h9-10H,7-8H2,1-6H3,(H,14,16)(H,15,17)/t10-/m0/s1. The summed E-state index contributed by atoms with van der Waals surface area (Å²) in [7, 11) is 1.49. The van der Waals surface area contributed by atoms with Gasteiger partial charge < -0.3 is 20.1 Å². The summed E-state index contributed by atoms with van der Waals surface area (Å²) in [6.07, 6.45) is -0.0554. The topological polar surface area (TPSA) is 76.7 Å². The smallest absolute Gasteiger partial charge is 0.408 e. The molecule has 0 aromatic heterocycles. The zero-order valence-corrected chi connectivity index (χ0v) is 12.7. The zero-order valence-electron chi connectivity index (χ0n) is 12.7. The molecule has 0 aromatic carbocycles. The third kappa shape index (κ3) is 9.30. The van der Waals surface area contributed by atoms with Crippen LogP contribution < -0.4 is 10.6 Å². The molecule has 112 valence electrons. The van der Waals surface area contributed by atoms with Gasteiger partial charge in [-0.25, -0.2) is 4.79 Å². The number of hydrogen-bond acceptors (Lipinski definition) is 4. The Hall–Kier alpha value is -1.30. The highest BCUT2D eigenvalue weighted by Crippen LogP contribution is 2.09. The Morgan fingerprint density at radius 1 is 1.21 bits per heavy atom. The van der Waals surface area contributed by atoms with Crippen molar-refractivity contribution in [3.8, 4) is 0 Å². The van der Waals surface area contributed by atoms with Crippen LogP contribution >= 0.6 is 0 Å². The van der Waals surface area contributed by atoms with E-state index in [4.69, 9.17) is 9.47 Å². The van der Waals surface area contributed by atoms with E-state index in [2.05, 4.69) is 10.6 Å². The van der Waals surface area contributed by atoms with Crippen LogP contribution in [0.15, 0.2) is 0 Å². The zero-order chi connectivity index (χ0) is 15.1. The van der Waals surface area contributed by atoms with Crippen LogP contribution in [-0.4, -0.2) is 37.5 Å². The maximum Gasteiger partial charge on any atom is 0.408 e. The van der Waals surface area contributed by atoms with Gasteiger partial charge in [0.05, 0.1) is 0 Å². The van der Waals surface area contributed by atoms with Gasteiger partial charge in [-0.1, -0.05) is 13.8 Å². The molecule has 0 saturated carbocycles.